The smallest absolute Gasteiger partial charge is 0.240 e. The molecule has 6 heteroatoms. The van der Waals surface area contributed by atoms with Crippen LogP contribution in [0, 0.1) is 0 Å². The molecule has 2 aromatic carbocycles. The van der Waals surface area contributed by atoms with Gasteiger partial charge in [0.15, 0.2) is 0 Å². The molecule has 0 amide bonds. The topological polar surface area (TPSA) is 55.4 Å². The zero-order valence-corrected chi connectivity index (χ0v) is 15.2. The van der Waals surface area contributed by atoms with Crippen LogP contribution in [0.5, 0.6) is 5.75 Å². The molecule has 0 saturated heterocycles. The number of hydrogen-bond donors (Lipinski definition) is 1. The lowest BCUT2D eigenvalue weighted by atomic mass is 10.0. The normalized spacial score (nSPS) is 17.4. The maximum absolute atomic E-state index is 12.5. The first-order valence-corrected chi connectivity index (χ1v) is 9.78. The fourth-order valence-corrected chi connectivity index (χ4v) is 4.26. The summed E-state index contributed by atoms with van der Waals surface area (Å²) in [7, 11) is -3.54. The predicted molar refractivity (Wildman–Crippen MR) is 93.3 cm³/mol. The molecule has 0 bridgehead atoms. The van der Waals surface area contributed by atoms with Crippen LogP contribution in [0.3, 0.4) is 0 Å². The molecule has 0 aromatic heterocycles. The van der Waals surface area contributed by atoms with Crippen molar-refractivity contribution in [3.63, 3.8) is 0 Å². The fourth-order valence-electron chi connectivity index (χ4n) is 2.63. The number of rotatable bonds is 4. The highest BCUT2D eigenvalue weighted by atomic mass is 79.9. The standard InChI is InChI=1S/C17H18BrNO3S/c1-2-12-3-6-16(7-4-12)23(20,21)19-15-10-13-9-14(18)5-8-17(13)22-11-15/h3-9,15,19H,2,10-11H2,1H3/t15-/m1/s1. The summed E-state index contributed by atoms with van der Waals surface area (Å²) in [5.41, 5.74) is 2.11. The van der Waals surface area contributed by atoms with Crippen LogP contribution >= 0.6 is 15.9 Å². The molecule has 0 aliphatic carbocycles. The second-order valence-corrected chi connectivity index (χ2v) is 8.21. The SMILES string of the molecule is CCc1ccc(S(=O)(=O)N[C@H]2COc3ccc(Br)cc3C2)cc1. The quantitative estimate of drug-likeness (QED) is 0.863. The van der Waals surface area contributed by atoms with Crippen molar-refractivity contribution >= 4 is 26.0 Å². The number of sulfonamides is 1. The van der Waals surface area contributed by atoms with Crippen molar-refractivity contribution in [2.75, 3.05) is 6.61 Å². The van der Waals surface area contributed by atoms with Crippen molar-refractivity contribution in [3.8, 4) is 5.75 Å². The molecule has 0 spiro atoms. The monoisotopic (exact) mass is 395 g/mol. The minimum atomic E-state index is -3.54. The summed E-state index contributed by atoms with van der Waals surface area (Å²) in [6.07, 6.45) is 1.50. The lowest BCUT2D eigenvalue weighted by molar-refractivity contribution is 0.254. The number of aryl methyl sites for hydroxylation is 1. The highest BCUT2D eigenvalue weighted by Crippen LogP contribution is 2.28. The molecule has 23 heavy (non-hydrogen) atoms. The van der Waals surface area contributed by atoms with Gasteiger partial charge < -0.3 is 4.74 Å². The Kier molecular flexibility index (Phi) is 4.75. The van der Waals surface area contributed by atoms with Crippen LogP contribution < -0.4 is 9.46 Å². The van der Waals surface area contributed by atoms with Crippen molar-refractivity contribution in [3.05, 3.63) is 58.1 Å². The third-order valence-corrected chi connectivity index (χ3v) is 5.92. The number of nitrogens with one attached hydrogen (secondary N) is 1. The largest absolute Gasteiger partial charge is 0.492 e. The number of hydrogen-bond acceptors (Lipinski definition) is 3. The van der Waals surface area contributed by atoms with Crippen molar-refractivity contribution in [1.29, 1.82) is 0 Å². The van der Waals surface area contributed by atoms with Gasteiger partial charge in [0, 0.05) is 4.47 Å². The first kappa shape index (κ1) is 16.5. The van der Waals surface area contributed by atoms with E-state index in [1.54, 1.807) is 12.1 Å². The molecule has 3 rings (SSSR count). The minimum Gasteiger partial charge on any atom is -0.492 e. The van der Waals surface area contributed by atoms with E-state index in [1.165, 1.54) is 0 Å². The molecular weight excluding hydrogens is 378 g/mol. The van der Waals surface area contributed by atoms with Gasteiger partial charge in [0.25, 0.3) is 0 Å². The molecule has 1 aliphatic rings. The summed E-state index contributed by atoms with van der Waals surface area (Å²) < 4.78 is 34.4. The van der Waals surface area contributed by atoms with Crippen LogP contribution in [0.2, 0.25) is 0 Å². The van der Waals surface area contributed by atoms with E-state index in [-0.39, 0.29) is 10.9 Å². The Morgan fingerprint density at radius 1 is 1.22 bits per heavy atom. The lowest BCUT2D eigenvalue weighted by Crippen LogP contribution is -2.42. The van der Waals surface area contributed by atoms with Gasteiger partial charge in [-0.3, -0.25) is 0 Å². The summed E-state index contributed by atoms with van der Waals surface area (Å²) in [4.78, 5) is 0.287. The van der Waals surface area contributed by atoms with Gasteiger partial charge in [0.2, 0.25) is 10.0 Å². The van der Waals surface area contributed by atoms with E-state index in [0.29, 0.717) is 13.0 Å². The van der Waals surface area contributed by atoms with Gasteiger partial charge in [-0.05, 0) is 54.3 Å². The fraction of sp³-hybridized carbons (Fsp3) is 0.294. The molecule has 0 saturated carbocycles. The summed E-state index contributed by atoms with van der Waals surface area (Å²) in [6.45, 7) is 2.37. The molecule has 2 aromatic rings. The average Bonchev–Trinajstić information content (AvgIpc) is 2.54. The predicted octanol–water partition coefficient (Wildman–Crippen LogP) is 3.29. The third kappa shape index (κ3) is 3.76. The molecule has 0 radical (unpaired) electrons. The third-order valence-electron chi connectivity index (χ3n) is 3.89. The average molecular weight is 396 g/mol. The van der Waals surface area contributed by atoms with E-state index in [4.69, 9.17) is 4.74 Å². The van der Waals surface area contributed by atoms with E-state index in [2.05, 4.69) is 20.7 Å². The Labute approximate surface area is 145 Å². The first-order chi connectivity index (χ1) is 11.0. The second-order valence-electron chi connectivity index (χ2n) is 5.58. The molecule has 4 nitrogen and oxygen atoms in total. The maximum atomic E-state index is 12.5. The highest BCUT2D eigenvalue weighted by Gasteiger charge is 2.25. The van der Waals surface area contributed by atoms with E-state index in [0.717, 1.165) is 27.8 Å². The zero-order valence-electron chi connectivity index (χ0n) is 12.8. The van der Waals surface area contributed by atoms with Gasteiger partial charge >= 0.3 is 0 Å². The first-order valence-electron chi connectivity index (χ1n) is 7.50. The van der Waals surface area contributed by atoms with E-state index < -0.39 is 10.0 Å². The van der Waals surface area contributed by atoms with Crippen molar-refractivity contribution in [2.24, 2.45) is 0 Å². The van der Waals surface area contributed by atoms with Crippen LogP contribution in [0.15, 0.2) is 51.8 Å². The zero-order chi connectivity index (χ0) is 16.4. The summed E-state index contributed by atoms with van der Waals surface area (Å²) in [5, 5.41) is 0. The van der Waals surface area contributed by atoms with Crippen molar-refractivity contribution in [2.45, 2.75) is 30.7 Å². The number of halogens is 1. The van der Waals surface area contributed by atoms with Gasteiger partial charge in [-0.15, -0.1) is 0 Å². The molecule has 1 N–H and O–H groups in total. The molecule has 122 valence electrons. The number of fused-ring (bicyclic) bond motifs is 1. The van der Waals surface area contributed by atoms with Crippen LogP contribution in [0.1, 0.15) is 18.1 Å². The molecule has 0 unspecified atom stereocenters. The molecule has 0 fully saturated rings. The van der Waals surface area contributed by atoms with E-state index in [9.17, 15) is 8.42 Å². The molecule has 1 atom stereocenters. The minimum absolute atomic E-state index is 0.271. The van der Waals surface area contributed by atoms with Gasteiger partial charge in [0.05, 0.1) is 10.9 Å². The van der Waals surface area contributed by atoms with Gasteiger partial charge in [-0.2, -0.15) is 0 Å². The van der Waals surface area contributed by atoms with Crippen molar-refractivity contribution in [1.82, 2.24) is 4.72 Å². The molecule has 1 heterocycles. The Hall–Kier alpha value is -1.37. The lowest BCUT2D eigenvalue weighted by Gasteiger charge is -2.26. The Balaban J connectivity index is 1.76. The van der Waals surface area contributed by atoms with E-state index in [1.807, 2.05) is 37.3 Å². The van der Waals surface area contributed by atoms with Crippen molar-refractivity contribution < 1.29 is 13.2 Å². The second kappa shape index (κ2) is 6.63. The Morgan fingerprint density at radius 3 is 2.65 bits per heavy atom. The van der Waals surface area contributed by atoms with Crippen LogP contribution in [0.25, 0.3) is 0 Å². The van der Waals surface area contributed by atoms with Crippen LogP contribution in [0.4, 0.5) is 0 Å². The molecular formula is C17H18BrNO3S. The van der Waals surface area contributed by atoms with Crippen LogP contribution in [-0.2, 0) is 22.9 Å². The van der Waals surface area contributed by atoms with Gasteiger partial charge in [-0.1, -0.05) is 35.0 Å². The maximum Gasteiger partial charge on any atom is 0.240 e. The molecule has 1 aliphatic heterocycles. The van der Waals surface area contributed by atoms with Gasteiger partial charge in [-0.25, -0.2) is 13.1 Å². The highest BCUT2D eigenvalue weighted by molar-refractivity contribution is 9.10. The number of ether oxygens (including phenoxy) is 1. The van der Waals surface area contributed by atoms with E-state index >= 15 is 0 Å². The van der Waals surface area contributed by atoms with Crippen LogP contribution in [-0.4, -0.2) is 21.1 Å². The van der Waals surface area contributed by atoms with Gasteiger partial charge in [0.1, 0.15) is 12.4 Å². The summed E-state index contributed by atoms with van der Waals surface area (Å²) in [5.74, 6) is 0.816. The summed E-state index contributed by atoms with van der Waals surface area (Å²) >= 11 is 3.43. The number of benzene rings is 2. The Morgan fingerprint density at radius 2 is 1.96 bits per heavy atom. The summed E-state index contributed by atoms with van der Waals surface area (Å²) in [6, 6.07) is 12.5. The Bertz CT molecular complexity index is 803.